The first-order chi connectivity index (χ1) is 9.66. The van der Waals surface area contributed by atoms with Crippen molar-refractivity contribution in [1.29, 1.82) is 0 Å². The van der Waals surface area contributed by atoms with E-state index in [4.69, 9.17) is 0 Å². The van der Waals surface area contributed by atoms with Gasteiger partial charge in [-0.25, -0.2) is 4.39 Å². The average Bonchev–Trinajstić information content (AvgIpc) is 2.45. The minimum atomic E-state index is -0.112. The number of hydrogen-bond acceptors (Lipinski definition) is 1. The predicted molar refractivity (Wildman–Crippen MR) is 82.4 cm³/mol. The number of nitrogens with one attached hydrogen (secondary N) is 1. The fraction of sp³-hybridized carbons (Fsp3) is 0.333. The highest BCUT2D eigenvalue weighted by molar-refractivity contribution is 5.26. The summed E-state index contributed by atoms with van der Waals surface area (Å²) < 4.78 is 14.0. The third-order valence-corrected chi connectivity index (χ3v) is 3.44. The van der Waals surface area contributed by atoms with Crippen molar-refractivity contribution in [2.45, 2.75) is 32.2 Å². The molecule has 2 aromatic carbocycles. The van der Waals surface area contributed by atoms with Crippen LogP contribution < -0.4 is 5.32 Å². The molecule has 0 aromatic heterocycles. The molecular weight excluding hydrogens is 249 g/mol. The van der Waals surface area contributed by atoms with Gasteiger partial charge in [-0.1, -0.05) is 62.4 Å². The summed E-state index contributed by atoms with van der Waals surface area (Å²) in [4.78, 5) is 0. The zero-order chi connectivity index (χ0) is 14.4. The van der Waals surface area contributed by atoms with E-state index in [0.717, 1.165) is 18.5 Å². The van der Waals surface area contributed by atoms with Crippen LogP contribution in [-0.4, -0.2) is 12.6 Å². The number of halogens is 1. The topological polar surface area (TPSA) is 12.0 Å². The predicted octanol–water partition coefficient (Wildman–Crippen LogP) is 4.15. The fourth-order valence-corrected chi connectivity index (χ4v) is 2.37. The summed E-state index contributed by atoms with van der Waals surface area (Å²) in [5.41, 5.74) is 2.04. The van der Waals surface area contributed by atoms with E-state index in [1.165, 1.54) is 5.56 Å². The molecule has 1 nitrogen and oxygen atoms in total. The lowest BCUT2D eigenvalue weighted by Crippen LogP contribution is -2.29. The van der Waals surface area contributed by atoms with E-state index >= 15 is 0 Å². The molecule has 0 aliphatic heterocycles. The van der Waals surface area contributed by atoms with Crippen LogP contribution in [-0.2, 0) is 6.42 Å². The van der Waals surface area contributed by atoms with Crippen LogP contribution in [0.15, 0.2) is 54.6 Å². The Morgan fingerprint density at radius 1 is 0.950 bits per heavy atom. The van der Waals surface area contributed by atoms with Gasteiger partial charge in [0, 0.05) is 18.5 Å². The maximum absolute atomic E-state index is 14.0. The molecule has 2 rings (SSSR count). The molecule has 0 aliphatic carbocycles. The van der Waals surface area contributed by atoms with E-state index in [2.05, 4.69) is 31.3 Å². The van der Waals surface area contributed by atoms with Gasteiger partial charge in [-0.05, 0) is 23.6 Å². The van der Waals surface area contributed by atoms with Crippen LogP contribution in [0, 0.1) is 5.82 Å². The summed E-state index contributed by atoms with van der Waals surface area (Å²) in [7, 11) is 0. The maximum atomic E-state index is 14.0. The molecule has 0 saturated carbocycles. The van der Waals surface area contributed by atoms with Crippen LogP contribution in [0.2, 0.25) is 0 Å². The molecule has 0 aliphatic rings. The van der Waals surface area contributed by atoms with Gasteiger partial charge in [0.2, 0.25) is 0 Å². The quantitative estimate of drug-likeness (QED) is 0.832. The highest BCUT2D eigenvalue weighted by Crippen LogP contribution is 2.23. The van der Waals surface area contributed by atoms with Crippen molar-refractivity contribution in [2.24, 2.45) is 0 Å². The van der Waals surface area contributed by atoms with E-state index in [9.17, 15) is 4.39 Å². The highest BCUT2D eigenvalue weighted by Gasteiger charge is 2.16. The van der Waals surface area contributed by atoms with Crippen LogP contribution in [0.1, 0.15) is 30.9 Å². The van der Waals surface area contributed by atoms with Gasteiger partial charge in [-0.2, -0.15) is 0 Å². The largest absolute Gasteiger partial charge is 0.314 e. The fourth-order valence-electron chi connectivity index (χ4n) is 2.37. The molecule has 106 valence electrons. The Balaban J connectivity index is 2.18. The smallest absolute Gasteiger partial charge is 0.126 e. The molecular formula is C18H22FN. The second-order valence-electron chi connectivity index (χ2n) is 5.47. The molecule has 0 fully saturated rings. The lowest BCUT2D eigenvalue weighted by molar-refractivity contribution is 0.505. The van der Waals surface area contributed by atoms with Crippen molar-refractivity contribution in [3.05, 3.63) is 71.5 Å². The lowest BCUT2D eigenvalue weighted by atomic mass is 9.91. The Labute approximate surface area is 120 Å². The third kappa shape index (κ3) is 4.17. The van der Waals surface area contributed by atoms with Crippen LogP contribution in [0.5, 0.6) is 0 Å². The van der Waals surface area contributed by atoms with Gasteiger partial charge in [0.15, 0.2) is 0 Å². The van der Waals surface area contributed by atoms with Crippen LogP contribution >= 0.6 is 0 Å². The van der Waals surface area contributed by atoms with Gasteiger partial charge in [-0.3, -0.25) is 0 Å². The van der Waals surface area contributed by atoms with Gasteiger partial charge in [-0.15, -0.1) is 0 Å². The highest BCUT2D eigenvalue weighted by atomic mass is 19.1. The summed E-state index contributed by atoms with van der Waals surface area (Å²) >= 11 is 0. The third-order valence-electron chi connectivity index (χ3n) is 3.44. The SMILES string of the molecule is CC(C)NCC(Cc1ccccc1)c1ccccc1F. The van der Waals surface area contributed by atoms with E-state index in [1.807, 2.05) is 30.3 Å². The first-order valence-corrected chi connectivity index (χ1v) is 7.18. The Morgan fingerprint density at radius 2 is 1.60 bits per heavy atom. The molecule has 0 heterocycles. The Kier molecular flexibility index (Phi) is 5.31. The van der Waals surface area contributed by atoms with Crippen LogP contribution in [0.25, 0.3) is 0 Å². The van der Waals surface area contributed by atoms with E-state index < -0.39 is 0 Å². The number of rotatable bonds is 6. The van der Waals surface area contributed by atoms with Crippen molar-refractivity contribution in [2.75, 3.05) is 6.54 Å². The van der Waals surface area contributed by atoms with Gasteiger partial charge in [0.05, 0.1) is 0 Å². The Bertz CT molecular complexity index is 522. The lowest BCUT2D eigenvalue weighted by Gasteiger charge is -2.20. The van der Waals surface area contributed by atoms with Gasteiger partial charge < -0.3 is 5.32 Å². The van der Waals surface area contributed by atoms with Gasteiger partial charge in [0.25, 0.3) is 0 Å². The van der Waals surface area contributed by atoms with Crippen LogP contribution in [0.3, 0.4) is 0 Å². The monoisotopic (exact) mass is 271 g/mol. The van der Waals surface area contributed by atoms with Crippen molar-refractivity contribution in [1.82, 2.24) is 5.32 Å². The minimum Gasteiger partial charge on any atom is -0.314 e. The second kappa shape index (κ2) is 7.20. The minimum absolute atomic E-state index is 0.112. The van der Waals surface area contributed by atoms with E-state index in [-0.39, 0.29) is 11.7 Å². The molecule has 1 atom stereocenters. The number of hydrogen-bond donors (Lipinski definition) is 1. The summed E-state index contributed by atoms with van der Waals surface area (Å²) in [5.74, 6) is 0.0417. The Hall–Kier alpha value is -1.67. The first-order valence-electron chi connectivity index (χ1n) is 7.18. The molecule has 0 radical (unpaired) electrons. The molecule has 0 bridgehead atoms. The standard InChI is InChI=1S/C18H22FN/c1-14(2)20-13-16(12-15-8-4-3-5-9-15)17-10-6-7-11-18(17)19/h3-11,14,16,20H,12-13H2,1-2H3. The second-order valence-corrected chi connectivity index (χ2v) is 5.47. The first kappa shape index (κ1) is 14.7. The maximum Gasteiger partial charge on any atom is 0.126 e. The molecule has 20 heavy (non-hydrogen) atoms. The van der Waals surface area contributed by atoms with Gasteiger partial charge >= 0.3 is 0 Å². The summed E-state index contributed by atoms with van der Waals surface area (Å²) in [5, 5.41) is 3.42. The van der Waals surface area contributed by atoms with E-state index in [0.29, 0.717) is 6.04 Å². The summed E-state index contributed by atoms with van der Waals surface area (Å²) in [6.07, 6.45) is 0.849. The van der Waals surface area contributed by atoms with Crippen molar-refractivity contribution in [3.8, 4) is 0 Å². The summed E-state index contributed by atoms with van der Waals surface area (Å²) in [6, 6.07) is 17.8. The van der Waals surface area contributed by atoms with Crippen molar-refractivity contribution in [3.63, 3.8) is 0 Å². The normalized spacial score (nSPS) is 12.6. The number of benzene rings is 2. The zero-order valence-corrected chi connectivity index (χ0v) is 12.1. The Morgan fingerprint density at radius 3 is 2.25 bits per heavy atom. The zero-order valence-electron chi connectivity index (χ0n) is 12.1. The molecule has 2 aromatic rings. The van der Waals surface area contributed by atoms with Crippen molar-refractivity contribution < 1.29 is 4.39 Å². The average molecular weight is 271 g/mol. The van der Waals surface area contributed by atoms with Crippen LogP contribution in [0.4, 0.5) is 4.39 Å². The molecule has 0 amide bonds. The molecule has 1 N–H and O–H groups in total. The molecule has 0 spiro atoms. The van der Waals surface area contributed by atoms with Gasteiger partial charge in [0.1, 0.15) is 5.82 Å². The molecule has 2 heteroatoms. The van der Waals surface area contributed by atoms with E-state index in [1.54, 1.807) is 12.1 Å². The molecule has 1 unspecified atom stereocenters. The molecule has 0 saturated heterocycles. The summed E-state index contributed by atoms with van der Waals surface area (Å²) in [6.45, 7) is 5.01. The van der Waals surface area contributed by atoms with Crippen molar-refractivity contribution >= 4 is 0 Å².